The van der Waals surface area contributed by atoms with Crippen LogP contribution in [0.3, 0.4) is 0 Å². The maximum Gasteiger partial charge on any atom is 0.501 e. The minimum absolute atomic E-state index is 0.240. The Bertz CT molecular complexity index is 3000. The highest BCUT2D eigenvalue weighted by molar-refractivity contribution is 6.20. The molecule has 6 heteroatoms. The van der Waals surface area contributed by atoms with Gasteiger partial charge >= 0.3 is 6.01 Å². The van der Waals surface area contributed by atoms with Gasteiger partial charge in [0, 0.05) is 52.3 Å². The van der Waals surface area contributed by atoms with Crippen LogP contribution in [-0.2, 0) is 5.41 Å². The lowest BCUT2D eigenvalue weighted by molar-refractivity contribution is -0.387. The zero-order valence-electron chi connectivity index (χ0n) is 30.5. The molecule has 0 amide bonds. The first-order chi connectivity index (χ1) is 27.0. The van der Waals surface area contributed by atoms with E-state index >= 15 is 0 Å². The highest BCUT2D eigenvalue weighted by Gasteiger charge is 2.27. The number of hydrogen-bond acceptors (Lipinski definition) is 2. The molecule has 55 heavy (non-hydrogen) atoms. The predicted molar refractivity (Wildman–Crippen MR) is 221 cm³/mol. The number of aromatic nitrogens is 3. The molecule has 10 rings (SSSR count). The van der Waals surface area contributed by atoms with Crippen LogP contribution in [0.15, 0.2) is 188 Å². The number of para-hydroxylation sites is 3. The first-order valence-corrected chi connectivity index (χ1v) is 18.5. The van der Waals surface area contributed by atoms with Gasteiger partial charge in [-0.3, -0.25) is 4.57 Å². The molecular formula is C49H37N5O+2. The maximum absolute atomic E-state index is 6.67. The minimum Gasteiger partial charge on any atom is -0.457 e. The van der Waals surface area contributed by atoms with E-state index in [1.807, 2.05) is 64.1 Å². The molecule has 0 saturated heterocycles. The number of pyridine rings is 1. The monoisotopic (exact) mass is 711 g/mol. The van der Waals surface area contributed by atoms with E-state index in [0.29, 0.717) is 0 Å². The highest BCUT2D eigenvalue weighted by atomic mass is 16.5. The second-order valence-electron chi connectivity index (χ2n) is 14.4. The highest BCUT2D eigenvalue weighted by Crippen LogP contribution is 2.42. The molecule has 0 saturated carbocycles. The van der Waals surface area contributed by atoms with Crippen LogP contribution in [0.5, 0.6) is 11.5 Å². The van der Waals surface area contributed by atoms with Crippen LogP contribution in [0.4, 0.5) is 11.4 Å². The lowest BCUT2D eigenvalue weighted by atomic mass is 9.78. The van der Waals surface area contributed by atoms with Gasteiger partial charge in [0.15, 0.2) is 0 Å². The molecular weight excluding hydrogens is 675 g/mol. The number of fused-ring (bicyclic) bond motifs is 5. The third-order valence-electron chi connectivity index (χ3n) is 10.7. The maximum atomic E-state index is 6.67. The molecule has 0 fully saturated rings. The zero-order valence-corrected chi connectivity index (χ0v) is 30.5. The van der Waals surface area contributed by atoms with Crippen molar-refractivity contribution in [3.05, 3.63) is 200 Å². The van der Waals surface area contributed by atoms with Gasteiger partial charge in [-0.25, -0.2) is 4.98 Å². The van der Waals surface area contributed by atoms with Crippen molar-refractivity contribution in [2.75, 3.05) is 0 Å². The van der Waals surface area contributed by atoms with Crippen molar-refractivity contribution in [3.8, 4) is 23.0 Å². The van der Waals surface area contributed by atoms with E-state index < -0.39 is 0 Å². The van der Waals surface area contributed by atoms with Crippen molar-refractivity contribution in [3.63, 3.8) is 0 Å². The van der Waals surface area contributed by atoms with Crippen molar-refractivity contribution >= 4 is 50.2 Å². The number of nitrogens with zero attached hydrogens (tertiary/aromatic N) is 5. The quantitative estimate of drug-likeness (QED) is 0.147. The normalized spacial score (nSPS) is 12.8. The van der Waals surface area contributed by atoms with Crippen LogP contribution < -0.4 is 4.74 Å². The van der Waals surface area contributed by atoms with Crippen molar-refractivity contribution in [2.45, 2.75) is 19.3 Å². The summed E-state index contributed by atoms with van der Waals surface area (Å²) in [5.41, 5.74) is 9.68. The molecule has 0 atom stereocenters. The summed E-state index contributed by atoms with van der Waals surface area (Å²) in [4.78, 5) is 5.07. The van der Waals surface area contributed by atoms with Gasteiger partial charge in [0.25, 0.3) is 12.4 Å². The van der Waals surface area contributed by atoms with E-state index in [1.54, 1.807) is 0 Å². The minimum atomic E-state index is -0.240. The Kier molecular flexibility index (Phi) is 7.65. The van der Waals surface area contributed by atoms with Crippen LogP contribution in [-0.4, -0.2) is 29.3 Å². The van der Waals surface area contributed by atoms with E-state index in [-0.39, 0.29) is 5.41 Å². The van der Waals surface area contributed by atoms with Crippen molar-refractivity contribution in [2.24, 2.45) is 0 Å². The molecule has 0 spiro atoms. The summed E-state index contributed by atoms with van der Waals surface area (Å²) >= 11 is 0. The van der Waals surface area contributed by atoms with Crippen LogP contribution in [0.2, 0.25) is 0 Å². The van der Waals surface area contributed by atoms with E-state index in [4.69, 9.17) is 9.72 Å². The van der Waals surface area contributed by atoms with E-state index in [9.17, 15) is 0 Å². The average Bonchev–Trinajstić information content (AvgIpc) is 3.95. The summed E-state index contributed by atoms with van der Waals surface area (Å²) in [6.07, 6.45) is 5.95. The van der Waals surface area contributed by atoms with Crippen molar-refractivity contribution in [1.29, 1.82) is 0 Å². The Morgan fingerprint density at radius 3 is 1.96 bits per heavy atom. The summed E-state index contributed by atoms with van der Waals surface area (Å²) in [5.74, 6) is 2.32. The fourth-order valence-electron chi connectivity index (χ4n) is 7.84. The number of benzene rings is 6. The lowest BCUT2D eigenvalue weighted by Crippen LogP contribution is -2.19. The van der Waals surface area contributed by atoms with Crippen LogP contribution in [0.25, 0.3) is 44.3 Å². The van der Waals surface area contributed by atoms with Crippen LogP contribution in [0, 0.1) is 0 Å². The van der Waals surface area contributed by atoms with Gasteiger partial charge in [-0.05, 0) is 59.7 Å². The molecule has 6 aromatic carbocycles. The Balaban J connectivity index is 1.15. The van der Waals surface area contributed by atoms with Gasteiger partial charge in [0.05, 0.1) is 28.1 Å². The van der Waals surface area contributed by atoms with Gasteiger partial charge in [-0.2, -0.15) is 0 Å². The molecule has 0 bridgehead atoms. The largest absolute Gasteiger partial charge is 0.501 e. The first-order valence-electron chi connectivity index (χ1n) is 18.5. The van der Waals surface area contributed by atoms with Crippen molar-refractivity contribution < 1.29 is 13.9 Å². The van der Waals surface area contributed by atoms with Gasteiger partial charge in [-0.1, -0.05) is 114 Å². The molecule has 6 nitrogen and oxygen atoms in total. The summed E-state index contributed by atoms with van der Waals surface area (Å²) in [5, 5.41) is 2.26. The topological polar surface area (TPSA) is 38.0 Å². The molecule has 0 aliphatic carbocycles. The number of rotatable bonds is 8. The molecule has 4 heterocycles. The fourth-order valence-corrected chi connectivity index (χ4v) is 7.84. The summed E-state index contributed by atoms with van der Waals surface area (Å²) in [7, 11) is 0. The SMILES string of the molecule is CC(C)(c1ccccc1)c1ccnc(-n2c3cc(Oc4cccc([N+]5=C=[N+](c6ccccc6)C=C5)c4)ccc3c3c2c2ccccc2n3-c2ccccc2)c1. The summed E-state index contributed by atoms with van der Waals surface area (Å²) in [6, 6.07) is 62.4. The summed E-state index contributed by atoms with van der Waals surface area (Å²) < 4.78 is 15.3. The lowest BCUT2D eigenvalue weighted by Gasteiger charge is -2.26. The van der Waals surface area contributed by atoms with Crippen LogP contribution >= 0.6 is 0 Å². The third kappa shape index (κ3) is 5.56. The predicted octanol–water partition coefficient (Wildman–Crippen LogP) is 11.9. The average molecular weight is 712 g/mol. The molecule has 0 unspecified atom stereocenters. The van der Waals surface area contributed by atoms with Crippen molar-refractivity contribution in [1.82, 2.24) is 14.1 Å². The molecule has 1 aliphatic rings. The Morgan fingerprint density at radius 1 is 0.527 bits per heavy atom. The van der Waals surface area contributed by atoms with Gasteiger partial charge in [0.1, 0.15) is 17.3 Å². The molecule has 1 aliphatic heterocycles. The first kappa shape index (κ1) is 32.4. The Morgan fingerprint density at radius 2 is 1.16 bits per heavy atom. The molecule has 9 aromatic rings. The van der Waals surface area contributed by atoms with E-state index in [1.165, 1.54) is 11.1 Å². The molecule has 0 N–H and O–H groups in total. The van der Waals surface area contributed by atoms with E-state index in [0.717, 1.165) is 67.2 Å². The number of ether oxygens (including phenoxy) is 1. The Hall–Kier alpha value is -7.27. The number of hydrogen-bond donors (Lipinski definition) is 0. The zero-order chi connectivity index (χ0) is 36.9. The third-order valence-corrected chi connectivity index (χ3v) is 10.7. The standard InChI is InChI=1S/C49H37N5O/c1-49(2,35-15-6-3-7-16-35)36-27-28-50-46(31-36)54-45-33-41(55-40-22-14-21-39(32-40)52-30-29-51(34-52)37-17-8-4-9-18-37)25-26-43(45)47-48(54)42-23-12-13-24-44(42)53(47)38-19-10-5-11-20-38/h3-33H,1-2H3/q+2. The second kappa shape index (κ2) is 13.0. The molecule has 0 radical (unpaired) electrons. The summed E-state index contributed by atoms with van der Waals surface area (Å²) in [6.45, 7) is 4.55. The molecule has 262 valence electrons. The van der Waals surface area contributed by atoms with Gasteiger partial charge in [0.2, 0.25) is 11.4 Å². The van der Waals surface area contributed by atoms with Gasteiger partial charge in [-0.15, -0.1) is 0 Å². The Labute approximate surface area is 319 Å². The molecule has 3 aromatic heterocycles. The van der Waals surface area contributed by atoms with Gasteiger partial charge < -0.3 is 9.30 Å². The smallest absolute Gasteiger partial charge is 0.457 e. The van der Waals surface area contributed by atoms with E-state index in [2.05, 4.69) is 162 Å². The fraction of sp³-hybridized carbons (Fsp3) is 0.0612. The van der Waals surface area contributed by atoms with Crippen LogP contribution in [0.1, 0.15) is 25.0 Å². The second-order valence-corrected chi connectivity index (χ2v) is 14.4.